The molecule has 1 unspecified atom stereocenters. The van der Waals surface area contributed by atoms with E-state index >= 15 is 0 Å². The first-order valence-electron chi connectivity index (χ1n) is 9.09. The maximum Gasteiger partial charge on any atom is 0.256 e. The van der Waals surface area contributed by atoms with Gasteiger partial charge in [-0.25, -0.2) is 4.98 Å². The van der Waals surface area contributed by atoms with Crippen molar-refractivity contribution in [2.24, 2.45) is 0 Å². The predicted molar refractivity (Wildman–Crippen MR) is 99.1 cm³/mol. The maximum absolute atomic E-state index is 12.7. The Morgan fingerprint density at radius 2 is 2.00 bits per heavy atom. The summed E-state index contributed by atoms with van der Waals surface area (Å²) >= 11 is 0. The van der Waals surface area contributed by atoms with E-state index in [2.05, 4.69) is 22.4 Å². The van der Waals surface area contributed by atoms with Gasteiger partial charge >= 0.3 is 0 Å². The first-order chi connectivity index (χ1) is 12.2. The number of pyridine rings is 1. The third-order valence-electron chi connectivity index (χ3n) is 4.79. The number of benzene rings is 1. The van der Waals surface area contributed by atoms with Crippen molar-refractivity contribution in [3.8, 4) is 5.88 Å². The number of hydrogen-bond donors (Lipinski definition) is 1. The van der Waals surface area contributed by atoms with Gasteiger partial charge in [0.05, 0.1) is 7.11 Å². The lowest BCUT2D eigenvalue weighted by molar-refractivity contribution is 0.0934. The minimum absolute atomic E-state index is 0.0912. The van der Waals surface area contributed by atoms with Crippen LogP contribution in [-0.4, -0.2) is 24.0 Å². The number of nitrogens with one attached hydrogen (secondary N) is 1. The summed E-state index contributed by atoms with van der Waals surface area (Å²) in [7, 11) is 1.58. The zero-order valence-electron chi connectivity index (χ0n) is 15.0. The zero-order valence-corrected chi connectivity index (χ0v) is 15.0. The molecule has 0 spiro atoms. The molecule has 1 heterocycles. The number of fused-ring (bicyclic) bond motifs is 1. The SMILES string of the molecule is COc1nc2c(cc1C(=O)NC(C)CCc1ccccc1)CCCC2. The maximum atomic E-state index is 12.7. The summed E-state index contributed by atoms with van der Waals surface area (Å²) in [6.07, 6.45) is 6.14. The van der Waals surface area contributed by atoms with E-state index in [9.17, 15) is 4.79 Å². The summed E-state index contributed by atoms with van der Waals surface area (Å²) in [4.78, 5) is 17.3. The average molecular weight is 338 g/mol. The number of nitrogens with zero attached hydrogens (tertiary/aromatic N) is 1. The molecule has 1 atom stereocenters. The topological polar surface area (TPSA) is 51.2 Å². The highest BCUT2D eigenvalue weighted by Gasteiger charge is 2.20. The van der Waals surface area contributed by atoms with Crippen molar-refractivity contribution in [3.63, 3.8) is 0 Å². The van der Waals surface area contributed by atoms with Gasteiger partial charge in [-0.3, -0.25) is 4.79 Å². The summed E-state index contributed by atoms with van der Waals surface area (Å²) < 4.78 is 5.37. The van der Waals surface area contributed by atoms with E-state index in [0.717, 1.165) is 44.2 Å². The second-order valence-corrected chi connectivity index (χ2v) is 6.76. The molecule has 0 saturated heterocycles. The van der Waals surface area contributed by atoms with E-state index in [1.165, 1.54) is 11.1 Å². The van der Waals surface area contributed by atoms with Gasteiger partial charge in [-0.05, 0) is 62.6 Å². The summed E-state index contributed by atoms with van der Waals surface area (Å²) in [5.74, 6) is 0.340. The molecule has 1 aromatic heterocycles. The second-order valence-electron chi connectivity index (χ2n) is 6.76. The molecule has 1 aromatic carbocycles. The molecule has 3 rings (SSSR count). The van der Waals surface area contributed by atoms with Gasteiger partial charge in [-0.15, -0.1) is 0 Å². The van der Waals surface area contributed by atoms with Crippen molar-refractivity contribution in [3.05, 3.63) is 58.8 Å². The van der Waals surface area contributed by atoms with Crippen LogP contribution in [0.1, 0.15) is 53.4 Å². The number of rotatable bonds is 6. The molecule has 2 aromatic rings. The number of amides is 1. The quantitative estimate of drug-likeness (QED) is 0.873. The third-order valence-corrected chi connectivity index (χ3v) is 4.79. The van der Waals surface area contributed by atoms with E-state index in [1.54, 1.807) is 7.11 Å². The Kier molecular flexibility index (Phi) is 5.69. The number of hydrogen-bond acceptors (Lipinski definition) is 3. The molecule has 1 N–H and O–H groups in total. The van der Waals surface area contributed by atoms with Crippen molar-refractivity contribution < 1.29 is 9.53 Å². The average Bonchev–Trinajstić information content (AvgIpc) is 2.66. The number of ether oxygens (including phenoxy) is 1. The largest absolute Gasteiger partial charge is 0.480 e. The fourth-order valence-corrected chi connectivity index (χ4v) is 3.33. The van der Waals surface area contributed by atoms with Crippen molar-refractivity contribution in [2.45, 2.75) is 51.5 Å². The number of methoxy groups -OCH3 is 1. The third kappa shape index (κ3) is 4.38. The normalized spacial score (nSPS) is 14.5. The molecule has 0 bridgehead atoms. The summed E-state index contributed by atoms with van der Waals surface area (Å²) in [5.41, 5.74) is 4.11. The highest BCUT2D eigenvalue weighted by molar-refractivity contribution is 5.96. The first kappa shape index (κ1) is 17.5. The van der Waals surface area contributed by atoms with Gasteiger partial charge in [-0.1, -0.05) is 30.3 Å². The van der Waals surface area contributed by atoms with Gasteiger partial charge < -0.3 is 10.1 Å². The second kappa shape index (κ2) is 8.15. The van der Waals surface area contributed by atoms with Crippen LogP contribution in [0.5, 0.6) is 5.88 Å². The molecule has 4 heteroatoms. The van der Waals surface area contributed by atoms with Crippen LogP contribution in [-0.2, 0) is 19.3 Å². The van der Waals surface area contributed by atoms with Crippen LogP contribution in [0.2, 0.25) is 0 Å². The molecule has 0 fully saturated rings. The number of carbonyl (C=O) groups is 1. The Labute approximate surface area is 149 Å². The van der Waals surface area contributed by atoms with Crippen molar-refractivity contribution >= 4 is 5.91 Å². The van der Waals surface area contributed by atoms with Crippen LogP contribution in [0.15, 0.2) is 36.4 Å². The molecule has 0 saturated carbocycles. The highest BCUT2D eigenvalue weighted by atomic mass is 16.5. The van der Waals surface area contributed by atoms with E-state index in [-0.39, 0.29) is 11.9 Å². The van der Waals surface area contributed by atoms with Crippen LogP contribution in [0.3, 0.4) is 0 Å². The molecular weight excluding hydrogens is 312 g/mol. The Hall–Kier alpha value is -2.36. The molecule has 0 radical (unpaired) electrons. The lowest BCUT2D eigenvalue weighted by Gasteiger charge is -2.19. The summed E-state index contributed by atoms with van der Waals surface area (Å²) in [6.45, 7) is 2.04. The van der Waals surface area contributed by atoms with Gasteiger partial charge in [0, 0.05) is 11.7 Å². The van der Waals surface area contributed by atoms with Crippen molar-refractivity contribution in [1.82, 2.24) is 10.3 Å². The number of carbonyl (C=O) groups excluding carboxylic acids is 1. The van der Waals surface area contributed by atoms with Crippen LogP contribution >= 0.6 is 0 Å². The van der Waals surface area contributed by atoms with Crippen LogP contribution in [0.25, 0.3) is 0 Å². The van der Waals surface area contributed by atoms with Crippen LogP contribution < -0.4 is 10.1 Å². The summed E-state index contributed by atoms with van der Waals surface area (Å²) in [6, 6.07) is 12.4. The molecule has 25 heavy (non-hydrogen) atoms. The van der Waals surface area contributed by atoms with Gasteiger partial charge in [0.1, 0.15) is 5.56 Å². The fraction of sp³-hybridized carbons (Fsp3) is 0.429. The standard InChI is InChI=1S/C21H26N2O2/c1-15(12-13-16-8-4-3-5-9-16)22-20(24)18-14-17-10-6-7-11-19(17)23-21(18)25-2/h3-5,8-9,14-15H,6-7,10-13H2,1-2H3,(H,22,24). The molecule has 1 amide bonds. The first-order valence-corrected chi connectivity index (χ1v) is 9.09. The van der Waals surface area contributed by atoms with Crippen molar-refractivity contribution in [2.75, 3.05) is 7.11 Å². The Balaban J connectivity index is 1.66. The zero-order chi connectivity index (χ0) is 17.6. The van der Waals surface area contributed by atoms with Crippen LogP contribution in [0.4, 0.5) is 0 Å². The van der Waals surface area contributed by atoms with Crippen molar-refractivity contribution in [1.29, 1.82) is 0 Å². The van der Waals surface area contributed by atoms with E-state index in [1.807, 2.05) is 31.2 Å². The van der Waals surface area contributed by atoms with E-state index in [0.29, 0.717) is 11.4 Å². The van der Waals surface area contributed by atoms with E-state index < -0.39 is 0 Å². The number of aryl methyl sites for hydroxylation is 3. The minimum Gasteiger partial charge on any atom is -0.480 e. The smallest absolute Gasteiger partial charge is 0.256 e. The number of aromatic nitrogens is 1. The lowest BCUT2D eigenvalue weighted by Crippen LogP contribution is -2.33. The lowest BCUT2D eigenvalue weighted by atomic mass is 9.94. The summed E-state index contributed by atoms with van der Waals surface area (Å²) in [5, 5.41) is 3.09. The minimum atomic E-state index is -0.0988. The fourth-order valence-electron chi connectivity index (χ4n) is 3.33. The Bertz CT molecular complexity index is 728. The van der Waals surface area contributed by atoms with Crippen LogP contribution in [0, 0.1) is 0 Å². The molecule has 0 aliphatic heterocycles. The Morgan fingerprint density at radius 3 is 2.76 bits per heavy atom. The monoisotopic (exact) mass is 338 g/mol. The van der Waals surface area contributed by atoms with Gasteiger partial charge in [-0.2, -0.15) is 0 Å². The molecule has 1 aliphatic rings. The van der Waals surface area contributed by atoms with Gasteiger partial charge in [0.2, 0.25) is 5.88 Å². The van der Waals surface area contributed by atoms with E-state index in [4.69, 9.17) is 4.74 Å². The molecule has 4 nitrogen and oxygen atoms in total. The predicted octanol–water partition coefficient (Wildman–Crippen LogP) is 3.72. The highest BCUT2D eigenvalue weighted by Crippen LogP contribution is 2.26. The molecule has 1 aliphatic carbocycles. The Morgan fingerprint density at radius 1 is 1.24 bits per heavy atom. The van der Waals surface area contributed by atoms with Gasteiger partial charge in [0.25, 0.3) is 5.91 Å². The van der Waals surface area contributed by atoms with Gasteiger partial charge in [0.15, 0.2) is 0 Å². The molecular formula is C21H26N2O2. The molecule has 132 valence electrons.